The first-order chi connectivity index (χ1) is 11.8. The lowest BCUT2D eigenvalue weighted by Crippen LogP contribution is -2.29. The van der Waals surface area contributed by atoms with E-state index in [0.717, 1.165) is 18.9 Å². The van der Waals surface area contributed by atoms with Crippen molar-refractivity contribution in [2.75, 3.05) is 11.9 Å². The van der Waals surface area contributed by atoms with Crippen LogP contribution in [0.5, 0.6) is 0 Å². The Balaban J connectivity index is 1.82. The van der Waals surface area contributed by atoms with E-state index in [2.05, 4.69) is 22.8 Å². The zero-order valence-corrected chi connectivity index (χ0v) is 15.2. The largest absolute Gasteiger partial charge is 0.417 e. The third kappa shape index (κ3) is 6.21. The minimum atomic E-state index is -4.50. The topological polar surface area (TPSA) is 24.1 Å². The monoisotopic (exact) mass is 386 g/mol. The number of halogens is 4. The molecule has 0 heterocycles. The Hall–Kier alpha value is -1.79. The fourth-order valence-electron chi connectivity index (χ4n) is 2.36. The number of alkyl halides is 3. The summed E-state index contributed by atoms with van der Waals surface area (Å²) in [6.07, 6.45) is -2.74. The summed E-state index contributed by atoms with van der Waals surface area (Å²) in [5.41, 5.74) is 1.81. The van der Waals surface area contributed by atoms with Crippen molar-refractivity contribution in [2.45, 2.75) is 25.9 Å². The molecule has 2 N–H and O–H groups in total. The number of aryl methyl sites for hydroxylation is 2. The number of rotatable bonds is 5. The predicted molar refractivity (Wildman–Crippen MR) is 100 cm³/mol. The van der Waals surface area contributed by atoms with Crippen molar-refractivity contribution in [1.29, 1.82) is 0 Å². The van der Waals surface area contributed by atoms with E-state index in [0.29, 0.717) is 6.54 Å². The van der Waals surface area contributed by atoms with Crippen LogP contribution in [0, 0.1) is 6.92 Å². The fourth-order valence-corrected chi connectivity index (χ4v) is 2.80. The molecule has 0 atom stereocenters. The highest BCUT2D eigenvalue weighted by atomic mass is 35.5. The third-order valence-electron chi connectivity index (χ3n) is 3.54. The van der Waals surface area contributed by atoms with Gasteiger partial charge in [-0.1, -0.05) is 41.4 Å². The molecule has 134 valence electrons. The SMILES string of the molecule is Cc1cccc(CCCNC(=S)Nc2ccc(Cl)c(C(F)(F)F)c2)c1. The van der Waals surface area contributed by atoms with E-state index in [-0.39, 0.29) is 15.8 Å². The molecule has 2 aromatic rings. The number of anilines is 1. The first-order valence-corrected chi connectivity index (χ1v) is 8.51. The van der Waals surface area contributed by atoms with Gasteiger partial charge in [0.05, 0.1) is 10.6 Å². The summed E-state index contributed by atoms with van der Waals surface area (Å²) in [5.74, 6) is 0. The van der Waals surface area contributed by atoms with Crippen LogP contribution in [0.1, 0.15) is 23.1 Å². The van der Waals surface area contributed by atoms with Gasteiger partial charge in [0.25, 0.3) is 0 Å². The molecule has 7 heteroatoms. The summed E-state index contributed by atoms with van der Waals surface area (Å²) in [7, 11) is 0. The molecule has 2 rings (SSSR count). The number of hydrogen-bond acceptors (Lipinski definition) is 1. The van der Waals surface area contributed by atoms with Gasteiger partial charge in [0, 0.05) is 12.2 Å². The Labute approximate surface area is 155 Å². The highest BCUT2D eigenvalue weighted by Gasteiger charge is 2.33. The zero-order valence-electron chi connectivity index (χ0n) is 13.6. The molecule has 2 aromatic carbocycles. The van der Waals surface area contributed by atoms with E-state index < -0.39 is 11.7 Å². The average molecular weight is 387 g/mol. The molecule has 0 aliphatic rings. The van der Waals surface area contributed by atoms with E-state index in [9.17, 15) is 13.2 Å². The Morgan fingerprint density at radius 2 is 1.92 bits per heavy atom. The minimum Gasteiger partial charge on any atom is -0.362 e. The Morgan fingerprint density at radius 1 is 1.16 bits per heavy atom. The standard InChI is InChI=1S/C18H18ClF3N2S/c1-12-4-2-5-13(10-12)6-3-9-23-17(25)24-14-7-8-16(19)15(11-14)18(20,21)22/h2,4-5,7-8,10-11H,3,6,9H2,1H3,(H2,23,24,25). The van der Waals surface area contributed by atoms with E-state index in [4.69, 9.17) is 23.8 Å². The van der Waals surface area contributed by atoms with Gasteiger partial charge < -0.3 is 10.6 Å². The number of thiocarbonyl (C=S) groups is 1. The van der Waals surface area contributed by atoms with Crippen LogP contribution < -0.4 is 10.6 Å². The average Bonchev–Trinajstić information content (AvgIpc) is 2.52. The first-order valence-electron chi connectivity index (χ1n) is 7.73. The van der Waals surface area contributed by atoms with Crippen LogP contribution in [0.3, 0.4) is 0 Å². The summed E-state index contributed by atoms with van der Waals surface area (Å²) in [6.45, 7) is 2.67. The quantitative estimate of drug-likeness (QED) is 0.517. The van der Waals surface area contributed by atoms with Crippen molar-refractivity contribution in [3.63, 3.8) is 0 Å². The van der Waals surface area contributed by atoms with Crippen molar-refractivity contribution in [3.05, 3.63) is 64.2 Å². The van der Waals surface area contributed by atoms with Gasteiger partial charge in [0.1, 0.15) is 0 Å². The maximum atomic E-state index is 12.8. The molecule has 0 aliphatic heterocycles. The van der Waals surface area contributed by atoms with Crippen molar-refractivity contribution in [1.82, 2.24) is 5.32 Å². The summed E-state index contributed by atoms with van der Waals surface area (Å²) in [5, 5.41) is 5.69. The third-order valence-corrected chi connectivity index (χ3v) is 4.12. The Kier molecular flexibility index (Phi) is 6.67. The molecule has 0 saturated carbocycles. The van der Waals surface area contributed by atoms with E-state index in [1.165, 1.54) is 23.3 Å². The van der Waals surface area contributed by atoms with Gasteiger partial charge in [0.15, 0.2) is 5.11 Å². The molecular weight excluding hydrogens is 369 g/mol. The van der Waals surface area contributed by atoms with Gasteiger partial charge >= 0.3 is 6.18 Å². The number of benzene rings is 2. The number of nitrogens with one attached hydrogen (secondary N) is 2. The van der Waals surface area contributed by atoms with Gasteiger partial charge in [-0.3, -0.25) is 0 Å². The Bertz CT molecular complexity index is 747. The number of hydrogen-bond donors (Lipinski definition) is 2. The molecule has 0 aliphatic carbocycles. The second kappa shape index (κ2) is 8.54. The van der Waals surface area contributed by atoms with Gasteiger partial charge in [-0.05, 0) is 55.7 Å². The molecule has 0 radical (unpaired) electrons. The lowest BCUT2D eigenvalue weighted by molar-refractivity contribution is -0.137. The molecule has 0 aromatic heterocycles. The molecule has 2 nitrogen and oxygen atoms in total. The van der Waals surface area contributed by atoms with Gasteiger partial charge in [0.2, 0.25) is 0 Å². The molecule has 0 amide bonds. The van der Waals surface area contributed by atoms with Crippen LogP contribution in [0.2, 0.25) is 5.02 Å². The molecule has 0 spiro atoms. The van der Waals surface area contributed by atoms with Crippen LogP contribution in [0.4, 0.5) is 18.9 Å². The predicted octanol–water partition coefficient (Wildman–Crippen LogP) is 5.59. The second-order valence-corrected chi connectivity index (χ2v) is 6.48. The van der Waals surface area contributed by atoms with Crippen molar-refractivity contribution in [3.8, 4) is 0 Å². The minimum absolute atomic E-state index is 0.243. The molecule has 0 saturated heterocycles. The van der Waals surface area contributed by atoms with E-state index >= 15 is 0 Å². The van der Waals surface area contributed by atoms with Crippen molar-refractivity contribution < 1.29 is 13.2 Å². The lowest BCUT2D eigenvalue weighted by Gasteiger charge is -2.14. The summed E-state index contributed by atoms with van der Waals surface area (Å²) in [6, 6.07) is 11.9. The smallest absolute Gasteiger partial charge is 0.362 e. The molecule has 0 fully saturated rings. The van der Waals surface area contributed by atoms with Crippen LogP contribution in [-0.4, -0.2) is 11.7 Å². The zero-order chi connectivity index (χ0) is 18.4. The van der Waals surface area contributed by atoms with Crippen LogP contribution in [-0.2, 0) is 12.6 Å². The summed E-state index contributed by atoms with van der Waals surface area (Å²) in [4.78, 5) is 0. The molecule has 0 bridgehead atoms. The molecule has 0 unspecified atom stereocenters. The lowest BCUT2D eigenvalue weighted by atomic mass is 10.1. The van der Waals surface area contributed by atoms with Crippen LogP contribution in [0.15, 0.2) is 42.5 Å². The Morgan fingerprint density at radius 3 is 2.60 bits per heavy atom. The molecule has 25 heavy (non-hydrogen) atoms. The van der Waals surface area contributed by atoms with E-state index in [1.54, 1.807) is 0 Å². The fraction of sp³-hybridized carbons (Fsp3) is 0.278. The second-order valence-electron chi connectivity index (χ2n) is 5.67. The highest BCUT2D eigenvalue weighted by molar-refractivity contribution is 7.80. The van der Waals surface area contributed by atoms with E-state index in [1.807, 2.05) is 19.1 Å². The first kappa shape index (κ1) is 19.5. The highest BCUT2D eigenvalue weighted by Crippen LogP contribution is 2.36. The van der Waals surface area contributed by atoms with Crippen LogP contribution >= 0.6 is 23.8 Å². The maximum absolute atomic E-state index is 12.8. The van der Waals surface area contributed by atoms with Crippen molar-refractivity contribution >= 4 is 34.6 Å². The maximum Gasteiger partial charge on any atom is 0.417 e. The van der Waals surface area contributed by atoms with Gasteiger partial charge in [-0.25, -0.2) is 0 Å². The van der Waals surface area contributed by atoms with Gasteiger partial charge in [-0.2, -0.15) is 13.2 Å². The molecular formula is C18H18ClF3N2S. The van der Waals surface area contributed by atoms with Crippen LogP contribution in [0.25, 0.3) is 0 Å². The summed E-state index contributed by atoms with van der Waals surface area (Å²) >= 11 is 10.7. The van der Waals surface area contributed by atoms with Gasteiger partial charge in [-0.15, -0.1) is 0 Å². The summed E-state index contributed by atoms with van der Waals surface area (Å²) < 4.78 is 38.5. The van der Waals surface area contributed by atoms with Crippen molar-refractivity contribution in [2.24, 2.45) is 0 Å². The normalized spacial score (nSPS) is 11.2.